The van der Waals surface area contributed by atoms with Crippen LogP contribution in [0.25, 0.3) is 0 Å². The summed E-state index contributed by atoms with van der Waals surface area (Å²) in [6, 6.07) is 10.1. The number of benzene rings is 1. The minimum absolute atomic E-state index is 0.269. The van der Waals surface area contributed by atoms with Crippen LogP contribution in [0.5, 0.6) is 0 Å². The number of hydrogen-bond donors (Lipinski definition) is 1. The minimum Gasteiger partial charge on any atom is -0.445 e. The van der Waals surface area contributed by atoms with Gasteiger partial charge in [0.05, 0.1) is 0 Å². The lowest BCUT2D eigenvalue weighted by Crippen LogP contribution is -2.44. The molecule has 0 aromatic heterocycles. The molecule has 2 aliphatic rings. The van der Waals surface area contributed by atoms with E-state index in [4.69, 9.17) is 4.74 Å². The average molecular weight is 285 g/mol. The Balaban J connectivity index is 1.53. The number of ether oxygens (including phenoxy) is 1. The molecule has 4 atom stereocenters. The summed E-state index contributed by atoms with van der Waals surface area (Å²) in [7, 11) is 0. The number of hydrogen-bond acceptors (Lipinski definition) is 2. The van der Waals surface area contributed by atoms with Crippen molar-refractivity contribution in [2.45, 2.75) is 38.3 Å². The topological polar surface area (TPSA) is 38.3 Å². The Morgan fingerprint density at radius 2 is 2.05 bits per heavy atom. The average Bonchev–Trinajstić information content (AvgIpc) is 3.10. The molecule has 3 nitrogen and oxygen atoms in total. The van der Waals surface area contributed by atoms with Crippen LogP contribution < -0.4 is 5.32 Å². The molecule has 3 rings (SSSR count). The maximum absolute atomic E-state index is 12.0. The molecule has 1 aromatic carbocycles. The van der Waals surface area contributed by atoms with E-state index in [1.54, 1.807) is 0 Å². The molecule has 21 heavy (non-hydrogen) atoms. The summed E-state index contributed by atoms with van der Waals surface area (Å²) in [5.74, 6) is 1.93. The number of fused-ring (bicyclic) bond motifs is 2. The van der Waals surface area contributed by atoms with Gasteiger partial charge in [-0.25, -0.2) is 4.79 Å². The number of nitrogens with one attached hydrogen (secondary N) is 1. The Kier molecular flexibility index (Phi) is 4.28. The first kappa shape index (κ1) is 14.2. The van der Waals surface area contributed by atoms with Gasteiger partial charge in [0.1, 0.15) is 6.61 Å². The molecule has 2 aliphatic carbocycles. The zero-order chi connectivity index (χ0) is 14.7. The van der Waals surface area contributed by atoms with Crippen LogP contribution in [0.3, 0.4) is 0 Å². The van der Waals surface area contributed by atoms with Crippen molar-refractivity contribution < 1.29 is 9.53 Å². The summed E-state index contributed by atoms with van der Waals surface area (Å²) >= 11 is 0. The second-order valence-corrected chi connectivity index (χ2v) is 6.25. The fourth-order valence-corrected chi connectivity index (χ4v) is 4.07. The van der Waals surface area contributed by atoms with E-state index in [9.17, 15) is 4.79 Å². The second-order valence-electron chi connectivity index (χ2n) is 6.25. The highest BCUT2D eigenvalue weighted by atomic mass is 16.5. The summed E-state index contributed by atoms with van der Waals surface area (Å²) in [5, 5.41) is 3.11. The van der Waals surface area contributed by atoms with E-state index in [0.717, 1.165) is 17.9 Å². The van der Waals surface area contributed by atoms with Crippen LogP contribution in [0.15, 0.2) is 43.0 Å². The monoisotopic (exact) mass is 285 g/mol. The highest BCUT2D eigenvalue weighted by Crippen LogP contribution is 2.49. The van der Waals surface area contributed by atoms with Crippen molar-refractivity contribution in [1.82, 2.24) is 5.32 Å². The van der Waals surface area contributed by atoms with Gasteiger partial charge >= 0.3 is 6.09 Å². The fourth-order valence-electron chi connectivity index (χ4n) is 4.07. The highest BCUT2D eigenvalue weighted by molar-refractivity contribution is 5.67. The van der Waals surface area contributed by atoms with Gasteiger partial charge in [-0.2, -0.15) is 0 Å². The zero-order valence-electron chi connectivity index (χ0n) is 12.3. The van der Waals surface area contributed by atoms with E-state index < -0.39 is 0 Å². The van der Waals surface area contributed by atoms with Crippen LogP contribution in [0.1, 0.15) is 31.2 Å². The predicted molar refractivity (Wildman–Crippen MR) is 82.7 cm³/mol. The molecule has 2 bridgehead atoms. The van der Waals surface area contributed by atoms with Crippen molar-refractivity contribution in [3.63, 3.8) is 0 Å². The summed E-state index contributed by atoms with van der Waals surface area (Å²) in [5.41, 5.74) is 1.02. The molecular weight excluding hydrogens is 262 g/mol. The van der Waals surface area contributed by atoms with Gasteiger partial charge < -0.3 is 10.1 Å². The van der Waals surface area contributed by atoms with Gasteiger partial charge in [0.25, 0.3) is 0 Å². The maximum Gasteiger partial charge on any atom is 0.407 e. The first-order chi connectivity index (χ1) is 10.3. The molecule has 2 fully saturated rings. The quantitative estimate of drug-likeness (QED) is 0.833. The standard InChI is InChI=1S/C18H23NO2/c1-2-6-16-14-9-10-15(11-14)17(16)19-18(20)21-12-13-7-4-3-5-8-13/h2-5,7-8,14-17H,1,6,9-12H2,(H,19,20). The molecular formula is C18H23NO2. The lowest BCUT2D eigenvalue weighted by Gasteiger charge is -2.30. The first-order valence-corrected chi connectivity index (χ1v) is 7.86. The summed E-state index contributed by atoms with van der Waals surface area (Å²) in [6.45, 7) is 4.19. The molecule has 1 N–H and O–H groups in total. The van der Waals surface area contributed by atoms with Gasteiger partial charge in [-0.05, 0) is 49.0 Å². The number of rotatable bonds is 5. The number of amides is 1. The number of allylic oxidation sites excluding steroid dienone is 1. The molecule has 2 saturated carbocycles. The molecule has 0 heterocycles. The normalized spacial score (nSPS) is 30.1. The minimum atomic E-state index is -0.287. The van der Waals surface area contributed by atoms with E-state index >= 15 is 0 Å². The largest absolute Gasteiger partial charge is 0.445 e. The van der Waals surface area contributed by atoms with Crippen molar-refractivity contribution in [3.05, 3.63) is 48.6 Å². The van der Waals surface area contributed by atoms with Crippen LogP contribution in [-0.2, 0) is 11.3 Å². The Morgan fingerprint density at radius 1 is 1.29 bits per heavy atom. The van der Waals surface area contributed by atoms with Gasteiger partial charge in [0.2, 0.25) is 0 Å². The van der Waals surface area contributed by atoms with Gasteiger partial charge in [0.15, 0.2) is 0 Å². The maximum atomic E-state index is 12.0. The van der Waals surface area contributed by atoms with E-state index in [-0.39, 0.29) is 12.1 Å². The van der Waals surface area contributed by atoms with E-state index in [1.165, 1.54) is 19.3 Å². The van der Waals surface area contributed by atoms with Gasteiger partial charge in [-0.3, -0.25) is 0 Å². The smallest absolute Gasteiger partial charge is 0.407 e. The van der Waals surface area contributed by atoms with E-state index in [0.29, 0.717) is 18.4 Å². The third-order valence-electron chi connectivity index (χ3n) is 5.02. The summed E-state index contributed by atoms with van der Waals surface area (Å²) in [4.78, 5) is 12.0. The molecule has 3 heteroatoms. The molecule has 1 amide bonds. The third kappa shape index (κ3) is 3.12. The van der Waals surface area contributed by atoms with E-state index in [1.807, 2.05) is 36.4 Å². The fraction of sp³-hybridized carbons (Fsp3) is 0.500. The van der Waals surface area contributed by atoms with Crippen LogP contribution in [-0.4, -0.2) is 12.1 Å². The molecule has 0 aliphatic heterocycles. The Morgan fingerprint density at radius 3 is 2.81 bits per heavy atom. The number of carbonyl (C=O) groups excluding carboxylic acids is 1. The zero-order valence-corrected chi connectivity index (χ0v) is 12.3. The van der Waals surface area contributed by atoms with Gasteiger partial charge in [0, 0.05) is 6.04 Å². The van der Waals surface area contributed by atoms with Crippen LogP contribution in [0, 0.1) is 17.8 Å². The van der Waals surface area contributed by atoms with Gasteiger partial charge in [-0.15, -0.1) is 6.58 Å². The van der Waals surface area contributed by atoms with Crippen molar-refractivity contribution in [3.8, 4) is 0 Å². The Hall–Kier alpha value is -1.77. The summed E-state index contributed by atoms with van der Waals surface area (Å²) < 4.78 is 5.35. The molecule has 1 aromatic rings. The van der Waals surface area contributed by atoms with Crippen molar-refractivity contribution in [2.75, 3.05) is 0 Å². The summed E-state index contributed by atoms with van der Waals surface area (Å²) in [6.07, 6.45) is 6.48. The lowest BCUT2D eigenvalue weighted by molar-refractivity contribution is 0.125. The molecule has 0 spiro atoms. The van der Waals surface area contributed by atoms with Crippen molar-refractivity contribution >= 4 is 6.09 Å². The number of carbonyl (C=O) groups is 1. The SMILES string of the molecule is C=CCC1C2CCC(C2)C1NC(=O)OCc1ccccc1. The molecule has 0 radical (unpaired) electrons. The van der Waals surface area contributed by atoms with Crippen LogP contribution in [0.4, 0.5) is 4.79 Å². The molecule has 112 valence electrons. The van der Waals surface area contributed by atoms with Crippen molar-refractivity contribution in [1.29, 1.82) is 0 Å². The van der Waals surface area contributed by atoms with Crippen LogP contribution >= 0.6 is 0 Å². The molecule has 0 saturated heterocycles. The van der Waals surface area contributed by atoms with Gasteiger partial charge in [-0.1, -0.05) is 36.4 Å². The number of alkyl carbamates (subject to hydrolysis) is 1. The third-order valence-corrected chi connectivity index (χ3v) is 5.02. The predicted octanol–water partition coefficient (Wildman–Crippen LogP) is 3.90. The Bertz CT molecular complexity index is 499. The Labute approximate surface area is 126 Å². The van der Waals surface area contributed by atoms with Crippen LogP contribution in [0.2, 0.25) is 0 Å². The molecule has 4 unspecified atom stereocenters. The first-order valence-electron chi connectivity index (χ1n) is 7.86. The second kappa shape index (κ2) is 6.33. The van der Waals surface area contributed by atoms with Crippen molar-refractivity contribution in [2.24, 2.45) is 17.8 Å². The highest BCUT2D eigenvalue weighted by Gasteiger charge is 2.47. The lowest BCUT2D eigenvalue weighted by atomic mass is 9.82. The van der Waals surface area contributed by atoms with E-state index in [2.05, 4.69) is 11.9 Å².